The van der Waals surface area contributed by atoms with E-state index >= 15 is 0 Å². The number of hydrogen-bond donors (Lipinski definition) is 1. The summed E-state index contributed by atoms with van der Waals surface area (Å²) in [6.45, 7) is 4.71. The van der Waals surface area contributed by atoms with E-state index in [-0.39, 0.29) is 0 Å². The van der Waals surface area contributed by atoms with E-state index in [9.17, 15) is 0 Å². The fourth-order valence-corrected chi connectivity index (χ4v) is 0.827. The zero-order valence-corrected chi connectivity index (χ0v) is 6.39. The predicted molar refractivity (Wildman–Crippen MR) is 44.0 cm³/mol. The Morgan fingerprint density at radius 2 is 2.10 bits per heavy atom. The highest BCUT2D eigenvalue weighted by Crippen LogP contribution is 2.07. The molecule has 10 heavy (non-hydrogen) atoms. The SMILES string of the molecule is CC1=C(C)C=C(N)CN=C1. The molecule has 1 aliphatic heterocycles. The van der Waals surface area contributed by atoms with Gasteiger partial charge in [-0.2, -0.15) is 0 Å². The third-order valence-electron chi connectivity index (χ3n) is 1.58. The second-order valence-corrected chi connectivity index (χ2v) is 2.56. The molecule has 0 aliphatic carbocycles. The van der Waals surface area contributed by atoms with Gasteiger partial charge < -0.3 is 5.73 Å². The summed E-state index contributed by atoms with van der Waals surface area (Å²) in [7, 11) is 0. The summed E-state index contributed by atoms with van der Waals surface area (Å²) in [5.74, 6) is 0. The largest absolute Gasteiger partial charge is 0.401 e. The Balaban J connectivity index is 2.98. The van der Waals surface area contributed by atoms with Crippen LogP contribution in [0.5, 0.6) is 0 Å². The van der Waals surface area contributed by atoms with Crippen molar-refractivity contribution in [2.75, 3.05) is 6.54 Å². The average Bonchev–Trinajstić information content (AvgIpc) is 1.96. The van der Waals surface area contributed by atoms with Gasteiger partial charge in [0.25, 0.3) is 0 Å². The van der Waals surface area contributed by atoms with E-state index in [0.717, 1.165) is 5.70 Å². The lowest BCUT2D eigenvalue weighted by molar-refractivity contribution is 1.11. The van der Waals surface area contributed by atoms with Crippen LogP contribution in [-0.4, -0.2) is 12.8 Å². The maximum absolute atomic E-state index is 5.60. The van der Waals surface area contributed by atoms with Crippen LogP contribution in [0.25, 0.3) is 0 Å². The van der Waals surface area contributed by atoms with Crippen molar-refractivity contribution >= 4 is 6.21 Å². The normalized spacial score (nSPS) is 18.8. The minimum atomic E-state index is 0.634. The molecular formula is C8H12N2. The first kappa shape index (κ1) is 7.06. The van der Waals surface area contributed by atoms with Gasteiger partial charge in [-0.25, -0.2) is 0 Å². The number of hydrogen-bond acceptors (Lipinski definition) is 2. The van der Waals surface area contributed by atoms with Crippen LogP contribution in [0.4, 0.5) is 0 Å². The highest BCUT2D eigenvalue weighted by Gasteiger charge is 1.96. The maximum Gasteiger partial charge on any atom is 0.0784 e. The lowest BCUT2D eigenvalue weighted by Gasteiger charge is -1.93. The van der Waals surface area contributed by atoms with Gasteiger partial charge in [0.1, 0.15) is 0 Å². The van der Waals surface area contributed by atoms with Crippen molar-refractivity contribution in [2.24, 2.45) is 10.7 Å². The van der Waals surface area contributed by atoms with E-state index in [1.54, 1.807) is 0 Å². The smallest absolute Gasteiger partial charge is 0.0784 e. The Morgan fingerprint density at radius 1 is 1.40 bits per heavy atom. The highest BCUT2D eigenvalue weighted by atomic mass is 14.8. The summed E-state index contributed by atoms with van der Waals surface area (Å²) in [5, 5.41) is 0. The van der Waals surface area contributed by atoms with Crippen molar-refractivity contribution in [2.45, 2.75) is 13.8 Å². The molecule has 0 fully saturated rings. The molecule has 0 radical (unpaired) electrons. The molecule has 2 heteroatoms. The van der Waals surface area contributed by atoms with E-state index in [0.29, 0.717) is 6.54 Å². The summed E-state index contributed by atoms with van der Waals surface area (Å²) in [5.41, 5.74) is 8.84. The molecule has 0 saturated heterocycles. The lowest BCUT2D eigenvalue weighted by atomic mass is 10.1. The summed E-state index contributed by atoms with van der Waals surface area (Å²) >= 11 is 0. The molecule has 54 valence electrons. The first-order chi connectivity index (χ1) is 4.70. The van der Waals surface area contributed by atoms with Crippen molar-refractivity contribution in [3.63, 3.8) is 0 Å². The second-order valence-electron chi connectivity index (χ2n) is 2.56. The number of nitrogens with two attached hydrogens (primary N) is 1. The van der Waals surface area contributed by atoms with Crippen LogP contribution in [0.3, 0.4) is 0 Å². The summed E-state index contributed by atoms with van der Waals surface area (Å²) in [6, 6.07) is 0. The first-order valence-electron chi connectivity index (χ1n) is 3.33. The maximum atomic E-state index is 5.60. The topological polar surface area (TPSA) is 38.4 Å². The van der Waals surface area contributed by atoms with E-state index in [1.165, 1.54) is 11.1 Å². The lowest BCUT2D eigenvalue weighted by Crippen LogP contribution is -1.99. The van der Waals surface area contributed by atoms with Crippen LogP contribution in [-0.2, 0) is 0 Å². The monoisotopic (exact) mass is 136 g/mol. The molecule has 2 nitrogen and oxygen atoms in total. The molecule has 0 saturated carbocycles. The zero-order chi connectivity index (χ0) is 7.56. The van der Waals surface area contributed by atoms with Crippen LogP contribution in [0.1, 0.15) is 13.8 Å². The zero-order valence-electron chi connectivity index (χ0n) is 6.39. The van der Waals surface area contributed by atoms with E-state index < -0.39 is 0 Å². The van der Waals surface area contributed by atoms with Crippen LogP contribution in [0.15, 0.2) is 27.9 Å². The fraction of sp³-hybridized carbons (Fsp3) is 0.375. The van der Waals surface area contributed by atoms with Crippen LogP contribution >= 0.6 is 0 Å². The van der Waals surface area contributed by atoms with Gasteiger partial charge in [0, 0.05) is 11.9 Å². The van der Waals surface area contributed by atoms with Crippen molar-refractivity contribution < 1.29 is 0 Å². The van der Waals surface area contributed by atoms with Gasteiger partial charge in [-0.3, -0.25) is 4.99 Å². The molecule has 0 spiro atoms. The molecule has 0 unspecified atom stereocenters. The quantitative estimate of drug-likeness (QED) is 0.534. The van der Waals surface area contributed by atoms with Crippen LogP contribution in [0, 0.1) is 0 Å². The van der Waals surface area contributed by atoms with Crippen molar-refractivity contribution in [1.29, 1.82) is 0 Å². The molecule has 1 rings (SSSR count). The predicted octanol–water partition coefficient (Wildman–Crippen LogP) is 1.25. The molecule has 1 heterocycles. The van der Waals surface area contributed by atoms with Crippen LogP contribution in [0.2, 0.25) is 0 Å². The Kier molecular flexibility index (Phi) is 1.90. The summed E-state index contributed by atoms with van der Waals surface area (Å²) in [6.07, 6.45) is 3.84. The number of allylic oxidation sites excluding steroid dienone is 3. The molecular weight excluding hydrogens is 124 g/mol. The molecule has 0 amide bonds. The third kappa shape index (κ3) is 1.47. The van der Waals surface area contributed by atoms with Gasteiger partial charge in [-0.05, 0) is 31.1 Å². The minimum absolute atomic E-state index is 0.634. The molecule has 1 aliphatic rings. The Morgan fingerprint density at radius 3 is 2.80 bits per heavy atom. The molecule has 2 N–H and O–H groups in total. The molecule has 0 bridgehead atoms. The van der Waals surface area contributed by atoms with Crippen molar-refractivity contribution in [1.82, 2.24) is 0 Å². The second kappa shape index (κ2) is 2.69. The molecule has 0 aromatic carbocycles. The summed E-state index contributed by atoms with van der Waals surface area (Å²) in [4.78, 5) is 4.11. The van der Waals surface area contributed by atoms with E-state index in [4.69, 9.17) is 5.73 Å². The van der Waals surface area contributed by atoms with Gasteiger partial charge in [0.15, 0.2) is 0 Å². The van der Waals surface area contributed by atoms with E-state index in [2.05, 4.69) is 4.99 Å². The first-order valence-corrected chi connectivity index (χ1v) is 3.33. The average molecular weight is 136 g/mol. The summed E-state index contributed by atoms with van der Waals surface area (Å²) < 4.78 is 0. The molecule has 0 aromatic heterocycles. The standard InChI is InChI=1S/C8H12N2/c1-6-3-8(9)5-10-4-7(6)2/h3-4H,5,9H2,1-2H3. The van der Waals surface area contributed by atoms with Gasteiger partial charge in [0.05, 0.1) is 6.54 Å². The van der Waals surface area contributed by atoms with Gasteiger partial charge in [0.2, 0.25) is 0 Å². The van der Waals surface area contributed by atoms with Crippen LogP contribution < -0.4 is 5.73 Å². The minimum Gasteiger partial charge on any atom is -0.401 e. The number of nitrogens with zero attached hydrogens (tertiary/aromatic N) is 1. The highest BCUT2D eigenvalue weighted by molar-refractivity contribution is 5.80. The number of aliphatic imine (C=N–C) groups is 1. The van der Waals surface area contributed by atoms with Gasteiger partial charge in [-0.1, -0.05) is 0 Å². The van der Waals surface area contributed by atoms with Gasteiger partial charge in [-0.15, -0.1) is 0 Å². The number of rotatable bonds is 0. The Hall–Kier alpha value is -1.05. The molecule has 0 aromatic rings. The fourth-order valence-electron chi connectivity index (χ4n) is 0.827. The Labute approximate surface area is 61.1 Å². The third-order valence-corrected chi connectivity index (χ3v) is 1.58. The Bertz CT molecular complexity index is 221. The van der Waals surface area contributed by atoms with Gasteiger partial charge >= 0.3 is 0 Å². The van der Waals surface area contributed by atoms with Crippen molar-refractivity contribution in [3.8, 4) is 0 Å². The molecule has 0 atom stereocenters. The van der Waals surface area contributed by atoms with E-state index in [1.807, 2.05) is 26.1 Å². The van der Waals surface area contributed by atoms with Crippen molar-refractivity contribution in [3.05, 3.63) is 22.9 Å².